The SMILES string of the molecule is O=C(CCCn1cnc2ccccc2c1=O)Nc1cccc2ncccc12. The number of rotatable bonds is 5. The maximum atomic E-state index is 12.5. The fraction of sp³-hybridized carbons (Fsp3) is 0.143. The first kappa shape index (κ1) is 16.9. The monoisotopic (exact) mass is 358 g/mol. The molecule has 1 N–H and O–H groups in total. The largest absolute Gasteiger partial charge is 0.325 e. The Morgan fingerprint density at radius 2 is 1.70 bits per heavy atom. The van der Waals surface area contributed by atoms with Crippen molar-refractivity contribution in [3.8, 4) is 0 Å². The molecule has 0 saturated carbocycles. The first-order chi connectivity index (χ1) is 13.2. The lowest BCUT2D eigenvalue weighted by Gasteiger charge is -2.09. The number of nitrogens with zero attached hydrogens (tertiary/aromatic N) is 3. The molecule has 0 spiro atoms. The van der Waals surface area contributed by atoms with Crippen LogP contribution < -0.4 is 10.9 Å². The zero-order chi connectivity index (χ0) is 18.6. The molecule has 0 radical (unpaired) electrons. The Kier molecular flexibility index (Phi) is 4.61. The van der Waals surface area contributed by atoms with Gasteiger partial charge in [0.15, 0.2) is 0 Å². The molecule has 134 valence electrons. The van der Waals surface area contributed by atoms with Gasteiger partial charge < -0.3 is 5.32 Å². The summed E-state index contributed by atoms with van der Waals surface area (Å²) in [5, 5.41) is 4.43. The number of anilines is 1. The summed E-state index contributed by atoms with van der Waals surface area (Å²) in [6, 6.07) is 16.7. The van der Waals surface area contributed by atoms with Gasteiger partial charge in [-0.2, -0.15) is 0 Å². The highest BCUT2D eigenvalue weighted by molar-refractivity contribution is 6.00. The summed E-state index contributed by atoms with van der Waals surface area (Å²) in [5.74, 6) is -0.0897. The van der Waals surface area contributed by atoms with E-state index < -0.39 is 0 Å². The van der Waals surface area contributed by atoms with E-state index in [1.807, 2.05) is 48.5 Å². The van der Waals surface area contributed by atoms with Crippen LogP contribution in [0.5, 0.6) is 0 Å². The number of para-hydroxylation sites is 1. The first-order valence-electron chi connectivity index (χ1n) is 8.80. The molecule has 4 aromatic rings. The van der Waals surface area contributed by atoms with Gasteiger partial charge in [0.25, 0.3) is 5.56 Å². The molecule has 6 nitrogen and oxygen atoms in total. The normalized spacial score (nSPS) is 11.0. The highest BCUT2D eigenvalue weighted by Gasteiger charge is 2.08. The van der Waals surface area contributed by atoms with Gasteiger partial charge in [-0.05, 0) is 42.8 Å². The molecular formula is C21H18N4O2. The van der Waals surface area contributed by atoms with E-state index in [-0.39, 0.29) is 11.5 Å². The maximum Gasteiger partial charge on any atom is 0.261 e. The van der Waals surface area contributed by atoms with Crippen molar-refractivity contribution >= 4 is 33.4 Å². The second kappa shape index (κ2) is 7.37. The van der Waals surface area contributed by atoms with Gasteiger partial charge in [-0.25, -0.2) is 4.98 Å². The van der Waals surface area contributed by atoms with Crippen LogP contribution in [0.1, 0.15) is 12.8 Å². The van der Waals surface area contributed by atoms with Crippen LogP contribution in [0.25, 0.3) is 21.8 Å². The number of benzene rings is 2. The van der Waals surface area contributed by atoms with Crippen LogP contribution in [-0.4, -0.2) is 20.4 Å². The Balaban J connectivity index is 1.41. The van der Waals surface area contributed by atoms with Crippen LogP contribution in [0, 0.1) is 0 Å². The third kappa shape index (κ3) is 3.55. The Bertz CT molecular complexity index is 1180. The topological polar surface area (TPSA) is 76.9 Å². The number of pyridine rings is 1. The molecule has 27 heavy (non-hydrogen) atoms. The number of amides is 1. The van der Waals surface area contributed by atoms with Gasteiger partial charge in [-0.15, -0.1) is 0 Å². The van der Waals surface area contributed by atoms with Crippen LogP contribution in [0.15, 0.2) is 71.9 Å². The summed E-state index contributed by atoms with van der Waals surface area (Å²) in [5.41, 5.74) is 2.18. The van der Waals surface area contributed by atoms with Gasteiger partial charge in [0.1, 0.15) is 0 Å². The molecule has 2 aromatic carbocycles. The minimum Gasteiger partial charge on any atom is -0.325 e. The molecule has 0 atom stereocenters. The third-order valence-corrected chi connectivity index (χ3v) is 4.45. The van der Waals surface area contributed by atoms with E-state index in [0.717, 1.165) is 16.6 Å². The number of nitrogens with one attached hydrogen (secondary N) is 1. The van der Waals surface area contributed by atoms with Crippen molar-refractivity contribution < 1.29 is 4.79 Å². The molecule has 0 fully saturated rings. The van der Waals surface area contributed by atoms with Crippen molar-refractivity contribution in [2.75, 3.05) is 5.32 Å². The van der Waals surface area contributed by atoms with Gasteiger partial charge in [-0.1, -0.05) is 18.2 Å². The summed E-state index contributed by atoms with van der Waals surface area (Å²) in [7, 11) is 0. The average Bonchev–Trinajstić information content (AvgIpc) is 2.70. The summed E-state index contributed by atoms with van der Waals surface area (Å²) < 4.78 is 1.55. The lowest BCUT2D eigenvalue weighted by molar-refractivity contribution is -0.116. The summed E-state index contributed by atoms with van der Waals surface area (Å²) >= 11 is 0. The van der Waals surface area contributed by atoms with Crippen molar-refractivity contribution in [2.45, 2.75) is 19.4 Å². The van der Waals surface area contributed by atoms with Crippen LogP contribution in [0.4, 0.5) is 5.69 Å². The zero-order valence-electron chi connectivity index (χ0n) is 14.6. The number of aromatic nitrogens is 3. The highest BCUT2D eigenvalue weighted by atomic mass is 16.1. The van der Waals surface area contributed by atoms with E-state index in [1.54, 1.807) is 23.2 Å². The Morgan fingerprint density at radius 1 is 0.926 bits per heavy atom. The molecule has 0 aliphatic carbocycles. The molecule has 4 rings (SSSR count). The molecule has 0 unspecified atom stereocenters. The van der Waals surface area contributed by atoms with Crippen LogP contribution in [-0.2, 0) is 11.3 Å². The van der Waals surface area contributed by atoms with Crippen molar-refractivity contribution in [2.24, 2.45) is 0 Å². The molecule has 0 saturated heterocycles. The fourth-order valence-electron chi connectivity index (χ4n) is 3.10. The number of fused-ring (bicyclic) bond motifs is 2. The molecular weight excluding hydrogens is 340 g/mol. The van der Waals surface area contributed by atoms with Crippen molar-refractivity contribution in [3.63, 3.8) is 0 Å². The maximum absolute atomic E-state index is 12.5. The molecule has 6 heteroatoms. The Morgan fingerprint density at radius 3 is 2.63 bits per heavy atom. The lowest BCUT2D eigenvalue weighted by Crippen LogP contribution is -2.21. The van der Waals surface area contributed by atoms with E-state index >= 15 is 0 Å². The number of hydrogen-bond acceptors (Lipinski definition) is 4. The van der Waals surface area contributed by atoms with E-state index in [9.17, 15) is 9.59 Å². The summed E-state index contributed by atoms with van der Waals surface area (Å²) in [6.45, 7) is 0.446. The van der Waals surface area contributed by atoms with Crippen molar-refractivity contribution in [3.05, 3.63) is 77.5 Å². The van der Waals surface area contributed by atoms with Gasteiger partial charge in [0.05, 0.1) is 28.4 Å². The second-order valence-corrected chi connectivity index (χ2v) is 6.29. The highest BCUT2D eigenvalue weighted by Crippen LogP contribution is 2.21. The molecule has 0 aliphatic heterocycles. The lowest BCUT2D eigenvalue weighted by atomic mass is 10.1. The Hall–Kier alpha value is -3.54. The van der Waals surface area contributed by atoms with E-state index in [2.05, 4.69) is 15.3 Å². The van der Waals surface area contributed by atoms with Crippen LogP contribution >= 0.6 is 0 Å². The van der Waals surface area contributed by atoms with Gasteiger partial charge in [0.2, 0.25) is 5.91 Å². The first-order valence-corrected chi connectivity index (χ1v) is 8.80. The number of aryl methyl sites for hydroxylation is 1. The predicted molar refractivity (Wildman–Crippen MR) is 106 cm³/mol. The number of hydrogen-bond donors (Lipinski definition) is 1. The van der Waals surface area contributed by atoms with Crippen LogP contribution in [0.2, 0.25) is 0 Å². The quantitative estimate of drug-likeness (QED) is 0.593. The molecule has 0 bridgehead atoms. The molecule has 0 aliphatic rings. The minimum absolute atomic E-state index is 0.0823. The molecule has 2 heterocycles. The van der Waals surface area contributed by atoms with Crippen LogP contribution in [0.3, 0.4) is 0 Å². The van der Waals surface area contributed by atoms with Crippen molar-refractivity contribution in [1.29, 1.82) is 0 Å². The third-order valence-electron chi connectivity index (χ3n) is 4.45. The van der Waals surface area contributed by atoms with Gasteiger partial charge in [-0.3, -0.25) is 19.1 Å². The van der Waals surface area contributed by atoms with E-state index in [0.29, 0.717) is 30.3 Å². The molecule has 2 aromatic heterocycles. The number of carbonyl (C=O) groups excluding carboxylic acids is 1. The summed E-state index contributed by atoms with van der Waals surface area (Å²) in [4.78, 5) is 33.4. The predicted octanol–water partition coefficient (Wildman–Crippen LogP) is 3.36. The molecule has 1 amide bonds. The second-order valence-electron chi connectivity index (χ2n) is 6.29. The fourth-order valence-corrected chi connectivity index (χ4v) is 3.10. The summed E-state index contributed by atoms with van der Waals surface area (Å²) in [6.07, 6.45) is 4.13. The van der Waals surface area contributed by atoms with Gasteiger partial charge >= 0.3 is 0 Å². The average molecular weight is 358 g/mol. The van der Waals surface area contributed by atoms with Crippen molar-refractivity contribution in [1.82, 2.24) is 14.5 Å². The van der Waals surface area contributed by atoms with Gasteiger partial charge in [0, 0.05) is 24.5 Å². The smallest absolute Gasteiger partial charge is 0.261 e. The Labute approximate surface area is 155 Å². The van der Waals surface area contributed by atoms with E-state index in [4.69, 9.17) is 0 Å². The number of carbonyl (C=O) groups is 1. The van der Waals surface area contributed by atoms with E-state index in [1.165, 1.54) is 0 Å². The minimum atomic E-state index is -0.0897. The standard InChI is InChI=1S/C21H18N4O2/c26-20(24-19-10-3-9-17-15(19)7-4-12-22-17)11-5-13-25-14-23-18-8-2-1-6-16(18)21(25)27/h1-4,6-10,12,14H,5,11,13H2,(H,24,26). The zero-order valence-corrected chi connectivity index (χ0v) is 14.6.